The summed E-state index contributed by atoms with van der Waals surface area (Å²) < 4.78 is 9.04. The van der Waals surface area contributed by atoms with Crippen LogP contribution in [0.2, 0.25) is 6.55 Å². The van der Waals surface area contributed by atoms with Crippen molar-refractivity contribution in [2.24, 2.45) is 0 Å². The average Bonchev–Trinajstić information content (AvgIpc) is 3.78. The van der Waals surface area contributed by atoms with Crippen LogP contribution in [0.15, 0.2) is 138 Å². The molecule has 1 aliphatic rings. The fraction of sp³-hybridized carbons (Fsp3) is 0.0244. The zero-order chi connectivity index (χ0) is 30.4. The number of fused-ring (bicyclic) bond motifs is 9. The summed E-state index contributed by atoms with van der Waals surface area (Å²) in [5, 5.41) is 7.58. The molecular weight excluding hydrogens is 597 g/mol. The Morgan fingerprint density at radius 2 is 1.17 bits per heavy atom. The van der Waals surface area contributed by atoms with Crippen molar-refractivity contribution in [1.29, 1.82) is 0 Å². The smallest absolute Gasteiger partial charge is 0.389 e. The van der Waals surface area contributed by atoms with E-state index in [-0.39, 0.29) is 0 Å². The van der Waals surface area contributed by atoms with Crippen molar-refractivity contribution in [3.63, 3.8) is 0 Å². The van der Waals surface area contributed by atoms with Gasteiger partial charge in [0.15, 0.2) is 5.82 Å². The van der Waals surface area contributed by atoms with Crippen LogP contribution in [0.3, 0.4) is 0 Å². The van der Waals surface area contributed by atoms with E-state index in [1.54, 1.807) is 0 Å². The van der Waals surface area contributed by atoms with E-state index in [1.165, 1.54) is 41.7 Å². The topological polar surface area (TPSA) is 38.9 Å². The first-order valence-corrected chi connectivity index (χ1v) is 18.3. The van der Waals surface area contributed by atoms with Crippen LogP contribution in [-0.4, -0.2) is 18.8 Å². The fourth-order valence-corrected chi connectivity index (χ4v) is 11.0. The Balaban J connectivity index is 1.27. The number of rotatable bonds is 3. The number of nitrogens with zero attached hydrogens (tertiary/aromatic N) is 2. The quantitative estimate of drug-likeness (QED) is 0.184. The molecular formula is C41H25N2OSSi+. The fourth-order valence-electron chi connectivity index (χ4n) is 7.29. The highest BCUT2D eigenvalue weighted by Gasteiger charge is 2.42. The molecule has 0 radical (unpaired) electrons. The monoisotopic (exact) mass is 621 g/mol. The molecule has 3 aromatic heterocycles. The third-order valence-corrected chi connectivity index (χ3v) is 13.1. The van der Waals surface area contributed by atoms with Gasteiger partial charge in [0.05, 0.1) is 23.5 Å². The molecule has 0 spiro atoms. The lowest BCUT2D eigenvalue weighted by molar-refractivity contribution is 0.670. The van der Waals surface area contributed by atoms with E-state index in [1.807, 2.05) is 23.5 Å². The Labute approximate surface area is 271 Å². The average molecular weight is 622 g/mol. The molecule has 4 heterocycles. The van der Waals surface area contributed by atoms with E-state index in [2.05, 4.69) is 128 Å². The summed E-state index contributed by atoms with van der Waals surface area (Å²) in [6.45, 7) is 2.40. The van der Waals surface area contributed by atoms with Crippen molar-refractivity contribution < 1.29 is 4.42 Å². The van der Waals surface area contributed by atoms with Gasteiger partial charge in [-0.05, 0) is 36.4 Å². The minimum absolute atomic E-state index is 0.757. The van der Waals surface area contributed by atoms with E-state index in [0.29, 0.717) is 0 Å². The first-order chi connectivity index (χ1) is 22.7. The third kappa shape index (κ3) is 3.70. The van der Waals surface area contributed by atoms with Crippen LogP contribution in [-0.2, 0) is 0 Å². The van der Waals surface area contributed by atoms with Gasteiger partial charge < -0.3 is 4.42 Å². The van der Waals surface area contributed by atoms with Crippen LogP contribution < -0.4 is 10.4 Å². The highest BCUT2D eigenvalue weighted by Crippen LogP contribution is 2.42. The van der Waals surface area contributed by atoms with Gasteiger partial charge in [0.2, 0.25) is 0 Å². The van der Waals surface area contributed by atoms with Gasteiger partial charge in [0.1, 0.15) is 21.5 Å². The number of para-hydroxylation sites is 2. The third-order valence-electron chi connectivity index (χ3n) is 9.39. The van der Waals surface area contributed by atoms with E-state index >= 15 is 0 Å². The van der Waals surface area contributed by atoms with Gasteiger partial charge in [-0.2, -0.15) is 0 Å². The van der Waals surface area contributed by atoms with Crippen molar-refractivity contribution in [2.75, 3.05) is 0 Å². The summed E-state index contributed by atoms with van der Waals surface area (Å²) in [7, 11) is -1.00. The Morgan fingerprint density at radius 1 is 0.543 bits per heavy atom. The van der Waals surface area contributed by atoms with Crippen LogP contribution in [0.5, 0.6) is 0 Å². The van der Waals surface area contributed by atoms with Crippen molar-refractivity contribution >= 4 is 72.6 Å². The highest BCUT2D eigenvalue weighted by atomic mass is 32.1. The van der Waals surface area contributed by atoms with Gasteiger partial charge in [-0.1, -0.05) is 97.1 Å². The van der Waals surface area contributed by atoms with Crippen LogP contribution >= 0.6 is 11.3 Å². The standard InChI is InChI=1S/C41H25N2OSSi/c1-46-37-22-7-4-13-26(37)29-16-10-19-32(40(29)46)41-42-33(30-17-8-14-27-24-11-2-5-20-35(24)44-38(27)30)23-34(43-41)31-18-9-15-28-25-12-3-6-21-36(25)45-39(28)31/h2-23H,1H3/q+1. The highest BCUT2D eigenvalue weighted by molar-refractivity contribution is 7.26. The molecule has 0 fully saturated rings. The maximum absolute atomic E-state index is 6.52. The molecule has 5 heteroatoms. The predicted molar refractivity (Wildman–Crippen MR) is 195 cm³/mol. The molecule has 0 saturated carbocycles. The summed E-state index contributed by atoms with van der Waals surface area (Å²) in [5.74, 6) is 0.757. The van der Waals surface area contributed by atoms with Gasteiger partial charge in [-0.15, -0.1) is 11.3 Å². The van der Waals surface area contributed by atoms with Crippen LogP contribution in [0.4, 0.5) is 0 Å². The molecule has 214 valence electrons. The van der Waals surface area contributed by atoms with Crippen LogP contribution in [0.25, 0.3) is 87.1 Å². The number of furan rings is 1. The second-order valence-electron chi connectivity index (χ2n) is 11.9. The molecule has 0 bridgehead atoms. The largest absolute Gasteiger partial charge is 0.455 e. The second-order valence-corrected chi connectivity index (χ2v) is 15.3. The normalized spacial score (nSPS) is 12.4. The second kappa shape index (κ2) is 9.82. The summed E-state index contributed by atoms with van der Waals surface area (Å²) in [6.07, 6.45) is 0. The molecule has 0 unspecified atom stereocenters. The molecule has 0 amide bonds. The van der Waals surface area contributed by atoms with Crippen LogP contribution in [0.1, 0.15) is 0 Å². The molecule has 9 aromatic rings. The van der Waals surface area contributed by atoms with Crippen molar-refractivity contribution in [2.45, 2.75) is 6.55 Å². The van der Waals surface area contributed by atoms with Gasteiger partial charge in [0, 0.05) is 53.2 Å². The SMILES string of the molecule is C[Si+]1c2ccccc2-c2cccc(-c3nc(-c4cccc5c4oc4ccccc45)cc(-c4cccc5c4sc4ccccc45)n3)c21. The maximum atomic E-state index is 6.52. The van der Waals surface area contributed by atoms with E-state index < -0.39 is 8.80 Å². The van der Waals surface area contributed by atoms with Crippen LogP contribution in [0, 0.1) is 0 Å². The summed E-state index contributed by atoms with van der Waals surface area (Å²) in [5.41, 5.74) is 9.38. The minimum atomic E-state index is -1.00. The Morgan fingerprint density at radius 3 is 2.09 bits per heavy atom. The summed E-state index contributed by atoms with van der Waals surface area (Å²) in [4.78, 5) is 10.8. The molecule has 3 nitrogen and oxygen atoms in total. The van der Waals surface area contributed by atoms with Crippen molar-refractivity contribution in [3.05, 3.63) is 133 Å². The Hall–Kier alpha value is -5.36. The summed E-state index contributed by atoms with van der Waals surface area (Å²) >= 11 is 1.83. The van der Waals surface area contributed by atoms with Gasteiger partial charge in [-0.3, -0.25) is 0 Å². The number of thiophene rings is 1. The molecule has 6 aromatic carbocycles. The molecule has 0 aliphatic carbocycles. The number of benzene rings is 6. The first kappa shape index (κ1) is 25.9. The molecule has 0 atom stereocenters. The predicted octanol–water partition coefficient (Wildman–Crippen LogP) is 9.96. The minimum Gasteiger partial charge on any atom is -0.455 e. The van der Waals surface area contributed by atoms with E-state index in [0.717, 1.165) is 55.8 Å². The molecule has 46 heavy (non-hydrogen) atoms. The first-order valence-electron chi connectivity index (χ1n) is 15.5. The van der Waals surface area contributed by atoms with Gasteiger partial charge in [-0.25, -0.2) is 9.97 Å². The zero-order valence-electron chi connectivity index (χ0n) is 24.9. The molecule has 1 aliphatic heterocycles. The zero-order valence-corrected chi connectivity index (χ0v) is 26.7. The van der Waals surface area contributed by atoms with Gasteiger partial charge in [0.25, 0.3) is 0 Å². The van der Waals surface area contributed by atoms with Gasteiger partial charge >= 0.3 is 8.80 Å². The molecule has 0 saturated heterocycles. The molecule has 10 rings (SSSR count). The van der Waals surface area contributed by atoms with E-state index in [9.17, 15) is 0 Å². The molecule has 0 N–H and O–H groups in total. The summed E-state index contributed by atoms with van der Waals surface area (Å²) in [6, 6.07) is 47.5. The van der Waals surface area contributed by atoms with E-state index in [4.69, 9.17) is 14.4 Å². The number of hydrogen-bond donors (Lipinski definition) is 0. The lowest BCUT2D eigenvalue weighted by Crippen LogP contribution is -2.35. The number of aromatic nitrogens is 2. The Bertz CT molecular complexity index is 2550. The lowest BCUT2D eigenvalue weighted by atomic mass is 10.0. The Kier molecular flexibility index (Phi) is 5.53. The lowest BCUT2D eigenvalue weighted by Gasteiger charge is -2.11. The maximum Gasteiger partial charge on any atom is 0.389 e. The van der Waals surface area contributed by atoms with Crippen molar-refractivity contribution in [3.8, 4) is 45.0 Å². The number of hydrogen-bond acceptors (Lipinski definition) is 4. The van der Waals surface area contributed by atoms with Crippen molar-refractivity contribution in [1.82, 2.24) is 9.97 Å².